The molecule has 0 unspecified atom stereocenters. The number of likely N-dealkylation sites (N-methyl/N-ethyl adjacent to an activating group) is 1. The Kier molecular flexibility index (Phi) is 2.52. The molecule has 1 heterocycles. The Morgan fingerprint density at radius 2 is 2.25 bits per heavy atom. The molecule has 1 aliphatic rings. The van der Waals surface area contributed by atoms with E-state index in [0.29, 0.717) is 19.6 Å². The first-order valence-electron chi connectivity index (χ1n) is 3.90. The number of carbonyl (C=O) groups is 2. The van der Waals surface area contributed by atoms with Crippen molar-refractivity contribution in [2.75, 3.05) is 26.2 Å². The van der Waals surface area contributed by atoms with Crippen LogP contribution < -0.4 is 0 Å². The smallest absolute Gasteiger partial charge is 0.407 e. The Morgan fingerprint density at radius 1 is 1.58 bits per heavy atom. The van der Waals surface area contributed by atoms with Crippen molar-refractivity contribution in [2.45, 2.75) is 6.92 Å². The second kappa shape index (κ2) is 3.42. The van der Waals surface area contributed by atoms with E-state index in [1.807, 2.05) is 6.92 Å². The van der Waals surface area contributed by atoms with Crippen LogP contribution in [0.4, 0.5) is 4.79 Å². The van der Waals surface area contributed by atoms with Gasteiger partial charge in [0.05, 0.1) is 0 Å². The molecule has 0 bridgehead atoms. The van der Waals surface area contributed by atoms with Gasteiger partial charge in [-0.25, -0.2) is 4.79 Å². The Morgan fingerprint density at radius 3 is 2.67 bits per heavy atom. The van der Waals surface area contributed by atoms with Gasteiger partial charge in [0.2, 0.25) is 5.91 Å². The molecule has 5 heteroatoms. The number of nitrogens with zero attached hydrogens (tertiary/aromatic N) is 2. The molecule has 0 aliphatic carbocycles. The molecular formula is C7H12N2O3. The quantitative estimate of drug-likeness (QED) is 0.597. The van der Waals surface area contributed by atoms with Crippen LogP contribution in [-0.4, -0.2) is 53.1 Å². The maximum atomic E-state index is 11.2. The van der Waals surface area contributed by atoms with Crippen molar-refractivity contribution >= 4 is 12.0 Å². The molecule has 0 radical (unpaired) electrons. The maximum Gasteiger partial charge on any atom is 0.407 e. The first-order valence-corrected chi connectivity index (χ1v) is 3.90. The van der Waals surface area contributed by atoms with E-state index in [1.54, 1.807) is 4.90 Å². The van der Waals surface area contributed by atoms with E-state index in [1.165, 1.54) is 0 Å². The number of carboxylic acid groups (broad SMARTS) is 1. The zero-order valence-electron chi connectivity index (χ0n) is 6.99. The molecule has 0 aromatic rings. The highest BCUT2D eigenvalue weighted by Crippen LogP contribution is 2.02. The molecule has 68 valence electrons. The van der Waals surface area contributed by atoms with E-state index >= 15 is 0 Å². The largest absolute Gasteiger partial charge is 0.465 e. The number of rotatable bonds is 1. The van der Waals surface area contributed by atoms with Crippen molar-refractivity contribution in [3.05, 3.63) is 0 Å². The predicted molar refractivity (Wildman–Crippen MR) is 41.9 cm³/mol. The minimum Gasteiger partial charge on any atom is -0.465 e. The van der Waals surface area contributed by atoms with Crippen molar-refractivity contribution in [2.24, 2.45) is 0 Å². The van der Waals surface area contributed by atoms with Crippen LogP contribution in [0.1, 0.15) is 6.92 Å². The molecule has 1 N–H and O–H groups in total. The van der Waals surface area contributed by atoms with E-state index in [4.69, 9.17) is 5.11 Å². The van der Waals surface area contributed by atoms with Crippen LogP contribution >= 0.6 is 0 Å². The van der Waals surface area contributed by atoms with E-state index in [9.17, 15) is 9.59 Å². The highest BCUT2D eigenvalue weighted by atomic mass is 16.4. The van der Waals surface area contributed by atoms with Crippen molar-refractivity contribution in [1.29, 1.82) is 0 Å². The van der Waals surface area contributed by atoms with Gasteiger partial charge in [-0.05, 0) is 6.92 Å². The third-order valence-electron chi connectivity index (χ3n) is 1.97. The van der Waals surface area contributed by atoms with Gasteiger partial charge >= 0.3 is 6.09 Å². The van der Waals surface area contributed by atoms with Crippen LogP contribution in [-0.2, 0) is 4.79 Å². The van der Waals surface area contributed by atoms with Gasteiger partial charge in [0.25, 0.3) is 0 Å². The molecule has 0 aromatic carbocycles. The van der Waals surface area contributed by atoms with Gasteiger partial charge in [-0.2, -0.15) is 0 Å². The van der Waals surface area contributed by atoms with Crippen LogP contribution in [0.3, 0.4) is 0 Å². The van der Waals surface area contributed by atoms with Gasteiger partial charge in [-0.3, -0.25) is 9.69 Å². The zero-order valence-corrected chi connectivity index (χ0v) is 6.99. The molecule has 0 spiro atoms. The summed E-state index contributed by atoms with van der Waals surface area (Å²) in [5, 5.41) is 8.57. The Labute approximate surface area is 70.6 Å². The van der Waals surface area contributed by atoms with Crippen molar-refractivity contribution < 1.29 is 14.7 Å². The summed E-state index contributed by atoms with van der Waals surface area (Å²) in [6, 6.07) is 0. The molecule has 0 atom stereocenters. The van der Waals surface area contributed by atoms with Gasteiger partial charge in [0.15, 0.2) is 0 Å². The highest BCUT2D eigenvalue weighted by molar-refractivity contribution is 5.83. The summed E-state index contributed by atoms with van der Waals surface area (Å²) in [5.41, 5.74) is 0. The van der Waals surface area contributed by atoms with E-state index in [2.05, 4.69) is 0 Å². The maximum absolute atomic E-state index is 11.2. The Balaban J connectivity index is 2.52. The summed E-state index contributed by atoms with van der Waals surface area (Å²) in [4.78, 5) is 24.4. The fourth-order valence-corrected chi connectivity index (χ4v) is 1.21. The van der Waals surface area contributed by atoms with Gasteiger partial charge in [-0.15, -0.1) is 0 Å². The zero-order chi connectivity index (χ0) is 9.14. The van der Waals surface area contributed by atoms with Crippen LogP contribution in [0.2, 0.25) is 0 Å². The third-order valence-corrected chi connectivity index (χ3v) is 1.97. The summed E-state index contributed by atoms with van der Waals surface area (Å²) in [7, 11) is 0. The number of carbonyl (C=O) groups excluding carboxylic acids is 1. The lowest BCUT2D eigenvalue weighted by atomic mass is 10.3. The van der Waals surface area contributed by atoms with Crippen LogP contribution in [0.15, 0.2) is 0 Å². The molecule has 0 aromatic heterocycles. The normalized spacial score (nSPS) is 18.2. The third kappa shape index (κ3) is 1.66. The van der Waals surface area contributed by atoms with Crippen molar-refractivity contribution in [1.82, 2.24) is 9.80 Å². The molecule has 1 saturated heterocycles. The first kappa shape index (κ1) is 8.83. The van der Waals surface area contributed by atoms with E-state index in [0.717, 1.165) is 4.90 Å². The first-order chi connectivity index (χ1) is 5.65. The monoisotopic (exact) mass is 172 g/mol. The molecule has 1 fully saturated rings. The molecule has 1 rings (SSSR count). The van der Waals surface area contributed by atoms with Crippen LogP contribution in [0, 0.1) is 0 Å². The van der Waals surface area contributed by atoms with Gasteiger partial charge in [0, 0.05) is 19.6 Å². The summed E-state index contributed by atoms with van der Waals surface area (Å²) in [6.07, 6.45) is -1.01. The standard InChI is InChI=1S/C7H12N2O3/c1-2-8-3-4-9(7(11)12)5-6(8)10/h2-5H2,1H3,(H,11,12). The second-order valence-corrected chi connectivity index (χ2v) is 2.68. The minimum atomic E-state index is -1.01. The minimum absolute atomic E-state index is 0.00315. The average Bonchev–Trinajstić information content (AvgIpc) is 2.04. The van der Waals surface area contributed by atoms with Crippen molar-refractivity contribution in [3.63, 3.8) is 0 Å². The number of amides is 2. The van der Waals surface area contributed by atoms with E-state index < -0.39 is 6.09 Å². The number of hydrogen-bond donors (Lipinski definition) is 1. The lowest BCUT2D eigenvalue weighted by molar-refractivity contribution is -0.134. The van der Waals surface area contributed by atoms with E-state index in [-0.39, 0.29) is 12.5 Å². The van der Waals surface area contributed by atoms with Crippen molar-refractivity contribution in [3.8, 4) is 0 Å². The summed E-state index contributed by atoms with van der Waals surface area (Å²) in [5.74, 6) is -0.105. The molecule has 0 saturated carbocycles. The predicted octanol–water partition coefficient (Wildman–Crippen LogP) is -0.172. The second-order valence-electron chi connectivity index (χ2n) is 2.68. The highest BCUT2D eigenvalue weighted by Gasteiger charge is 2.25. The Hall–Kier alpha value is -1.26. The van der Waals surface area contributed by atoms with Gasteiger partial charge in [0.1, 0.15) is 6.54 Å². The molecule has 1 aliphatic heterocycles. The van der Waals surface area contributed by atoms with Gasteiger partial charge in [-0.1, -0.05) is 0 Å². The molecule has 2 amide bonds. The topological polar surface area (TPSA) is 60.9 Å². The van der Waals surface area contributed by atoms with Crippen LogP contribution in [0.5, 0.6) is 0 Å². The summed E-state index contributed by atoms with van der Waals surface area (Å²) < 4.78 is 0. The van der Waals surface area contributed by atoms with Crippen LogP contribution in [0.25, 0.3) is 0 Å². The van der Waals surface area contributed by atoms with Gasteiger partial charge < -0.3 is 10.0 Å². The SMILES string of the molecule is CCN1CCN(C(=O)O)CC1=O. The number of piperazine rings is 1. The lowest BCUT2D eigenvalue weighted by Crippen LogP contribution is -2.51. The molecular weight excluding hydrogens is 160 g/mol. The Bertz CT molecular complexity index is 205. The molecule has 12 heavy (non-hydrogen) atoms. The molecule has 5 nitrogen and oxygen atoms in total. The lowest BCUT2D eigenvalue weighted by Gasteiger charge is -2.31. The summed E-state index contributed by atoms with van der Waals surface area (Å²) >= 11 is 0. The average molecular weight is 172 g/mol. The number of hydrogen-bond acceptors (Lipinski definition) is 2. The summed E-state index contributed by atoms with van der Waals surface area (Å²) in [6.45, 7) is 3.49. The fraction of sp³-hybridized carbons (Fsp3) is 0.714. The fourth-order valence-electron chi connectivity index (χ4n) is 1.21.